The van der Waals surface area contributed by atoms with Crippen molar-refractivity contribution in [1.29, 1.82) is 0 Å². The van der Waals surface area contributed by atoms with Crippen LogP contribution in [-0.2, 0) is 46.0 Å². The summed E-state index contributed by atoms with van der Waals surface area (Å²) in [6.07, 6.45) is 5.39. The number of piperidine rings is 2. The topological polar surface area (TPSA) is 134 Å². The van der Waals surface area contributed by atoms with Gasteiger partial charge in [0.05, 0.1) is 20.8 Å². The van der Waals surface area contributed by atoms with Crippen molar-refractivity contribution in [2.24, 2.45) is 11.8 Å². The molecule has 0 spiro atoms. The second kappa shape index (κ2) is 17.4. The number of nitrogens with one attached hydrogen (secondary N) is 1. The molecule has 1 N–H and O–H groups in total. The molecule has 0 radical (unpaired) electrons. The predicted octanol–water partition coefficient (Wildman–Crippen LogP) is 7.13. The Kier molecular flexibility index (Phi) is 11.8. The van der Waals surface area contributed by atoms with Gasteiger partial charge in [-0.25, -0.2) is 24.8 Å². The van der Waals surface area contributed by atoms with Crippen LogP contribution in [0, 0.1) is 11.8 Å². The summed E-state index contributed by atoms with van der Waals surface area (Å²) >= 11 is 0. The lowest BCUT2D eigenvalue weighted by Gasteiger charge is -2.30. The first-order valence-electron chi connectivity index (χ1n) is 22.2. The average molecular weight is 889 g/mol. The van der Waals surface area contributed by atoms with Gasteiger partial charge in [0, 0.05) is 98.5 Å². The van der Waals surface area contributed by atoms with Crippen molar-refractivity contribution in [3.05, 3.63) is 131 Å². The summed E-state index contributed by atoms with van der Waals surface area (Å²) in [7, 11) is -5.42. The van der Waals surface area contributed by atoms with Crippen molar-refractivity contribution >= 4 is 53.7 Å². The third-order valence-corrected chi connectivity index (χ3v) is 17.0. The summed E-state index contributed by atoms with van der Waals surface area (Å²) in [6.45, 7) is 10.4. The molecule has 2 saturated heterocycles. The lowest BCUT2D eigenvalue weighted by molar-refractivity contribution is 0.0689. The van der Waals surface area contributed by atoms with E-state index in [2.05, 4.69) is 24.1 Å². The maximum atomic E-state index is 13.6. The highest BCUT2D eigenvalue weighted by Crippen LogP contribution is 2.36. The number of aromatic nitrogens is 2. The fourth-order valence-corrected chi connectivity index (χ4v) is 12.9. The normalized spacial score (nSPS) is 17.9. The summed E-state index contributed by atoms with van der Waals surface area (Å²) in [5.41, 5.74) is 6.19. The summed E-state index contributed by atoms with van der Waals surface area (Å²) in [4.78, 5) is 32.9. The minimum absolute atomic E-state index is 0.0324. The van der Waals surface area contributed by atoms with Crippen LogP contribution in [0.3, 0.4) is 0 Å². The van der Waals surface area contributed by atoms with E-state index < -0.39 is 20.0 Å². The molecular formula is C49H56N6O6S2. The van der Waals surface area contributed by atoms with E-state index >= 15 is 0 Å². The first-order chi connectivity index (χ1) is 30.3. The van der Waals surface area contributed by atoms with Gasteiger partial charge >= 0.3 is 0 Å². The highest BCUT2D eigenvalue weighted by molar-refractivity contribution is 7.90. The lowest BCUT2D eigenvalue weighted by Crippen LogP contribution is -2.37. The van der Waals surface area contributed by atoms with Gasteiger partial charge in [0.1, 0.15) is 0 Å². The van der Waals surface area contributed by atoms with Crippen LogP contribution in [0.4, 0.5) is 0 Å². The molecule has 12 nitrogen and oxygen atoms in total. The number of likely N-dealkylation sites (N-methyl/N-ethyl adjacent to an activating group) is 1. The van der Waals surface area contributed by atoms with Crippen LogP contribution < -0.4 is 5.32 Å². The van der Waals surface area contributed by atoms with E-state index in [1.165, 1.54) is 7.94 Å². The minimum atomic E-state index is -3.74. The number of likely N-dealkylation sites (tertiary alicyclic amines) is 2. The maximum Gasteiger partial charge on any atom is 0.268 e. The predicted molar refractivity (Wildman–Crippen MR) is 246 cm³/mol. The molecule has 6 aromatic rings. The monoisotopic (exact) mass is 888 g/mol. The van der Waals surface area contributed by atoms with Gasteiger partial charge in [-0.05, 0) is 116 Å². The van der Waals surface area contributed by atoms with E-state index in [-0.39, 0.29) is 21.6 Å². The Labute approximate surface area is 370 Å². The Hall–Kier alpha value is -5.28. The highest BCUT2D eigenvalue weighted by Gasteiger charge is 2.32. The van der Waals surface area contributed by atoms with Gasteiger partial charge in [-0.15, -0.1) is 0 Å². The summed E-state index contributed by atoms with van der Waals surface area (Å²) < 4.78 is 57.4. The van der Waals surface area contributed by atoms with Crippen molar-refractivity contribution < 1.29 is 26.4 Å². The molecule has 4 aromatic carbocycles. The summed E-state index contributed by atoms with van der Waals surface area (Å²) in [5.74, 6) is 1.38. The van der Waals surface area contributed by atoms with Crippen LogP contribution in [0.15, 0.2) is 107 Å². The second-order valence-electron chi connectivity index (χ2n) is 17.8. The third-order valence-electron chi connectivity index (χ3n) is 13.5. The SMILES string of the molecule is CC1CCN(C(=O)c2ccc3c(c2)c2c(n3S(=O)(=O)c3ccccc3)CCN(C)C2)CC1.CC1CCN(C(=O)c2ccc3c(c2)c2c(n3S(=O)(=O)c3ccccc3)CCNC2)CC1. The molecule has 0 saturated carbocycles. The van der Waals surface area contributed by atoms with Gasteiger partial charge in [0.15, 0.2) is 0 Å². The highest BCUT2D eigenvalue weighted by atomic mass is 32.2. The molecule has 14 heteroatoms. The zero-order chi connectivity index (χ0) is 44.0. The number of fused-ring (bicyclic) bond motifs is 6. The van der Waals surface area contributed by atoms with Crippen LogP contribution in [0.2, 0.25) is 0 Å². The Morgan fingerprint density at radius 3 is 1.49 bits per heavy atom. The molecular weight excluding hydrogens is 833 g/mol. The minimum Gasteiger partial charge on any atom is -0.339 e. The van der Waals surface area contributed by atoms with E-state index in [4.69, 9.17) is 0 Å². The summed E-state index contributed by atoms with van der Waals surface area (Å²) in [6, 6.07) is 28.1. The van der Waals surface area contributed by atoms with Crippen molar-refractivity contribution in [2.45, 2.75) is 75.3 Å². The van der Waals surface area contributed by atoms with Crippen molar-refractivity contribution in [1.82, 2.24) is 28.0 Å². The Morgan fingerprint density at radius 1 is 0.571 bits per heavy atom. The van der Waals surface area contributed by atoms with Crippen molar-refractivity contribution in [3.8, 4) is 0 Å². The lowest BCUT2D eigenvalue weighted by atomic mass is 9.98. The van der Waals surface area contributed by atoms with Crippen LogP contribution in [0.25, 0.3) is 21.8 Å². The molecule has 0 unspecified atom stereocenters. The molecule has 0 bridgehead atoms. The quantitative estimate of drug-likeness (QED) is 0.187. The third kappa shape index (κ3) is 8.11. The van der Waals surface area contributed by atoms with Crippen LogP contribution in [-0.4, -0.2) is 97.6 Å². The Balaban J connectivity index is 0.000000160. The first-order valence-corrected chi connectivity index (χ1v) is 25.1. The van der Waals surface area contributed by atoms with Crippen LogP contribution in [0.1, 0.15) is 82.8 Å². The molecule has 10 rings (SSSR count). The van der Waals surface area contributed by atoms with E-state index in [9.17, 15) is 26.4 Å². The van der Waals surface area contributed by atoms with E-state index in [0.29, 0.717) is 59.9 Å². The number of hydrogen-bond donors (Lipinski definition) is 1. The van der Waals surface area contributed by atoms with Gasteiger partial charge in [-0.3, -0.25) is 9.59 Å². The fourth-order valence-electron chi connectivity index (χ4n) is 9.70. The zero-order valence-electron chi connectivity index (χ0n) is 36.3. The molecule has 2 amide bonds. The van der Waals surface area contributed by atoms with Crippen LogP contribution in [0.5, 0.6) is 0 Å². The molecule has 4 aliphatic rings. The van der Waals surface area contributed by atoms with Gasteiger partial charge in [0.2, 0.25) is 0 Å². The standard InChI is InChI=1S/C25H29N3O3S.C24H27N3O3S/c1-18-10-14-27(15-11-18)25(29)19-8-9-23-21(16-19)22-17-26(2)13-12-24(22)28(23)32(30,31)20-6-4-3-5-7-20;1-17-10-13-26(14-11-17)24(28)18-7-8-22-20(15-18)21-16-25-12-9-23(21)27(22)31(29,30)19-5-3-2-4-6-19/h3-9,16,18H,10-15,17H2,1-2H3;2-8,15,17,25H,9-14,16H2,1H3. The molecule has 2 fully saturated rings. The number of rotatable bonds is 6. The number of hydrogen-bond acceptors (Lipinski definition) is 8. The number of nitrogens with zero attached hydrogens (tertiary/aromatic N) is 5. The number of carbonyl (C=O) groups is 2. The maximum absolute atomic E-state index is 13.6. The summed E-state index contributed by atoms with van der Waals surface area (Å²) in [5, 5.41) is 5.06. The molecule has 0 atom stereocenters. The van der Waals surface area contributed by atoms with Crippen LogP contribution >= 0.6 is 0 Å². The van der Waals surface area contributed by atoms with Gasteiger partial charge < -0.3 is 20.0 Å². The van der Waals surface area contributed by atoms with E-state index in [0.717, 1.165) is 98.2 Å². The Morgan fingerprint density at radius 2 is 1.02 bits per heavy atom. The van der Waals surface area contributed by atoms with Gasteiger partial charge in [-0.1, -0.05) is 50.2 Å². The second-order valence-corrected chi connectivity index (χ2v) is 21.4. The van der Waals surface area contributed by atoms with E-state index in [1.54, 1.807) is 66.7 Å². The van der Waals surface area contributed by atoms with E-state index in [1.807, 2.05) is 47.2 Å². The molecule has 6 heterocycles. The first kappa shape index (κ1) is 43.0. The van der Waals surface area contributed by atoms with Crippen molar-refractivity contribution in [3.63, 3.8) is 0 Å². The van der Waals surface area contributed by atoms with Gasteiger partial charge in [0.25, 0.3) is 31.9 Å². The number of benzene rings is 4. The number of amides is 2. The molecule has 330 valence electrons. The molecule has 2 aromatic heterocycles. The average Bonchev–Trinajstić information content (AvgIpc) is 3.82. The molecule has 0 aliphatic carbocycles. The van der Waals surface area contributed by atoms with Crippen molar-refractivity contribution in [2.75, 3.05) is 46.3 Å². The Bertz CT molecular complexity index is 2910. The fraction of sp³-hybridized carbons (Fsp3) is 0.388. The zero-order valence-corrected chi connectivity index (χ0v) is 37.9. The smallest absolute Gasteiger partial charge is 0.268 e. The van der Waals surface area contributed by atoms with Gasteiger partial charge in [-0.2, -0.15) is 0 Å². The largest absolute Gasteiger partial charge is 0.339 e. The molecule has 63 heavy (non-hydrogen) atoms. The molecule has 4 aliphatic heterocycles. The number of carbonyl (C=O) groups excluding carboxylic acids is 2.